The number of benzene rings is 2. The zero-order chi connectivity index (χ0) is 19.9. The van der Waals surface area contributed by atoms with Crippen LogP contribution in [-0.4, -0.2) is 39.5 Å². The molecule has 2 aromatic carbocycles. The van der Waals surface area contributed by atoms with E-state index in [-0.39, 0.29) is 11.9 Å². The third kappa shape index (κ3) is 4.59. The van der Waals surface area contributed by atoms with Crippen LogP contribution in [0, 0.1) is 0 Å². The predicted octanol–water partition coefficient (Wildman–Crippen LogP) is 1.77. The molecule has 1 amide bonds. The van der Waals surface area contributed by atoms with Crippen LogP contribution in [0.1, 0.15) is 23.6 Å². The Balaban J connectivity index is 1.57. The summed E-state index contributed by atoms with van der Waals surface area (Å²) in [4.78, 5) is 12.4. The van der Waals surface area contributed by atoms with Gasteiger partial charge in [0.15, 0.2) is 0 Å². The number of carbonyl (C=O) groups excluding carboxylic acids is 1. The lowest BCUT2D eigenvalue weighted by Crippen LogP contribution is -2.41. The molecule has 8 heteroatoms. The zero-order valence-corrected chi connectivity index (χ0v) is 16.1. The topological polar surface area (TPSA) is 93.2 Å². The van der Waals surface area contributed by atoms with Crippen LogP contribution in [0.15, 0.2) is 47.6 Å². The average molecular weight is 384 g/mol. The number of hydrazone groups is 1. The van der Waals surface area contributed by atoms with Gasteiger partial charge in [-0.2, -0.15) is 5.10 Å². The minimum Gasteiger partial charge on any atom is -0.497 e. The van der Waals surface area contributed by atoms with Crippen LogP contribution >= 0.6 is 0 Å². The summed E-state index contributed by atoms with van der Waals surface area (Å²) in [6, 6.07) is 12.8. The van der Waals surface area contributed by atoms with Gasteiger partial charge in [0.05, 0.1) is 27.5 Å². The highest BCUT2D eigenvalue weighted by Gasteiger charge is 2.30. The highest BCUT2D eigenvalue weighted by molar-refractivity contribution is 5.87. The third-order valence-electron chi connectivity index (χ3n) is 4.55. The van der Waals surface area contributed by atoms with Crippen molar-refractivity contribution in [3.8, 4) is 17.2 Å². The van der Waals surface area contributed by atoms with E-state index in [0.29, 0.717) is 23.5 Å². The summed E-state index contributed by atoms with van der Waals surface area (Å²) in [5.74, 6) is 1.89. The first-order valence-electron chi connectivity index (χ1n) is 8.84. The Morgan fingerprint density at radius 1 is 1.04 bits per heavy atom. The van der Waals surface area contributed by atoms with Crippen molar-refractivity contribution in [1.82, 2.24) is 16.3 Å². The molecule has 0 saturated carbocycles. The van der Waals surface area contributed by atoms with Gasteiger partial charge in [0.2, 0.25) is 0 Å². The van der Waals surface area contributed by atoms with Crippen molar-refractivity contribution in [2.24, 2.45) is 5.10 Å². The molecule has 0 bridgehead atoms. The number of carbonyl (C=O) groups is 1. The van der Waals surface area contributed by atoms with Gasteiger partial charge >= 0.3 is 0 Å². The van der Waals surface area contributed by atoms with Crippen LogP contribution in [-0.2, 0) is 4.79 Å². The van der Waals surface area contributed by atoms with Crippen LogP contribution in [0.3, 0.4) is 0 Å². The van der Waals surface area contributed by atoms with Gasteiger partial charge in [0, 0.05) is 11.6 Å². The lowest BCUT2D eigenvalue weighted by molar-refractivity contribution is -0.122. The molecule has 3 rings (SSSR count). The van der Waals surface area contributed by atoms with E-state index in [1.165, 1.54) is 6.21 Å². The average Bonchev–Trinajstić information content (AvgIpc) is 3.24. The molecule has 2 atom stereocenters. The predicted molar refractivity (Wildman–Crippen MR) is 106 cm³/mol. The minimum absolute atomic E-state index is 0.0316. The van der Waals surface area contributed by atoms with E-state index < -0.39 is 6.04 Å². The Morgan fingerprint density at radius 3 is 2.43 bits per heavy atom. The molecule has 0 radical (unpaired) electrons. The van der Waals surface area contributed by atoms with Gasteiger partial charge in [0.1, 0.15) is 23.3 Å². The third-order valence-corrected chi connectivity index (χ3v) is 4.55. The molecule has 28 heavy (non-hydrogen) atoms. The summed E-state index contributed by atoms with van der Waals surface area (Å²) >= 11 is 0. The lowest BCUT2D eigenvalue weighted by atomic mass is 10.0. The van der Waals surface area contributed by atoms with Gasteiger partial charge in [-0.25, -0.2) is 16.3 Å². The fraction of sp³-hybridized carbons (Fsp3) is 0.300. The zero-order valence-electron chi connectivity index (χ0n) is 16.1. The van der Waals surface area contributed by atoms with Crippen molar-refractivity contribution >= 4 is 12.1 Å². The summed E-state index contributed by atoms with van der Waals surface area (Å²) in [6.45, 7) is 0. The maximum absolute atomic E-state index is 12.4. The molecule has 0 spiro atoms. The van der Waals surface area contributed by atoms with Crippen molar-refractivity contribution < 1.29 is 19.0 Å². The van der Waals surface area contributed by atoms with Gasteiger partial charge < -0.3 is 14.2 Å². The lowest BCUT2D eigenvalue weighted by Gasteiger charge is -2.10. The van der Waals surface area contributed by atoms with E-state index in [2.05, 4.69) is 21.4 Å². The number of nitrogens with one attached hydrogen (secondary N) is 3. The van der Waals surface area contributed by atoms with Crippen LogP contribution in [0.5, 0.6) is 17.2 Å². The second-order valence-electron chi connectivity index (χ2n) is 6.24. The van der Waals surface area contributed by atoms with Crippen LogP contribution in [0.25, 0.3) is 0 Å². The summed E-state index contributed by atoms with van der Waals surface area (Å²) in [5.41, 5.74) is 10.5. The van der Waals surface area contributed by atoms with E-state index in [4.69, 9.17) is 14.2 Å². The Hall–Kier alpha value is -3.10. The van der Waals surface area contributed by atoms with Gasteiger partial charge in [0.25, 0.3) is 5.91 Å². The normalized spacial score (nSPS) is 18.8. The van der Waals surface area contributed by atoms with Crippen molar-refractivity contribution in [3.63, 3.8) is 0 Å². The first kappa shape index (κ1) is 19.7. The van der Waals surface area contributed by atoms with Gasteiger partial charge in [-0.1, -0.05) is 12.1 Å². The Bertz CT molecular complexity index is 839. The number of hydrogen-bond donors (Lipinski definition) is 3. The van der Waals surface area contributed by atoms with E-state index in [0.717, 1.165) is 11.3 Å². The Morgan fingerprint density at radius 2 is 1.75 bits per heavy atom. The highest BCUT2D eigenvalue weighted by Crippen LogP contribution is 2.24. The number of ether oxygens (including phenoxy) is 3. The molecule has 0 aromatic heterocycles. The molecule has 1 saturated heterocycles. The highest BCUT2D eigenvalue weighted by atomic mass is 16.5. The number of amides is 1. The van der Waals surface area contributed by atoms with Crippen molar-refractivity contribution in [3.05, 3.63) is 53.6 Å². The second-order valence-corrected chi connectivity index (χ2v) is 6.24. The van der Waals surface area contributed by atoms with Crippen molar-refractivity contribution in [2.45, 2.75) is 18.5 Å². The fourth-order valence-corrected chi connectivity index (χ4v) is 2.97. The SMILES string of the molecule is COc1ccc(C2CC(C(=O)N/N=C/c3cc(OC)ccc3OC)NN2)cc1. The molecule has 3 N–H and O–H groups in total. The molecule has 0 aliphatic carbocycles. The molecule has 1 aliphatic heterocycles. The Kier molecular flexibility index (Phi) is 6.46. The number of rotatable bonds is 7. The first-order chi connectivity index (χ1) is 13.6. The van der Waals surface area contributed by atoms with Crippen LogP contribution in [0.2, 0.25) is 0 Å². The van der Waals surface area contributed by atoms with Gasteiger partial charge in [-0.15, -0.1) is 0 Å². The minimum atomic E-state index is -0.392. The van der Waals surface area contributed by atoms with Crippen molar-refractivity contribution in [2.75, 3.05) is 21.3 Å². The smallest absolute Gasteiger partial charge is 0.258 e. The summed E-state index contributed by atoms with van der Waals surface area (Å²) in [5, 5.41) is 4.05. The molecular formula is C20H24N4O4. The van der Waals surface area contributed by atoms with E-state index in [9.17, 15) is 4.79 Å². The number of hydrazine groups is 1. The first-order valence-corrected chi connectivity index (χ1v) is 8.84. The molecule has 2 aromatic rings. The second kappa shape index (κ2) is 9.20. The van der Waals surface area contributed by atoms with Gasteiger partial charge in [-0.05, 0) is 42.3 Å². The van der Waals surface area contributed by atoms with Gasteiger partial charge in [-0.3, -0.25) is 4.79 Å². The molecule has 2 unspecified atom stereocenters. The molecule has 148 valence electrons. The maximum Gasteiger partial charge on any atom is 0.258 e. The summed E-state index contributed by atoms with van der Waals surface area (Å²) in [6.07, 6.45) is 2.14. The quantitative estimate of drug-likeness (QED) is 0.498. The largest absolute Gasteiger partial charge is 0.497 e. The standard InChI is InChI=1S/C20H24N4O4/c1-26-15-6-4-13(5-7-15)17-11-18(23-22-17)20(25)24-21-12-14-10-16(27-2)8-9-19(14)28-3/h4-10,12,17-18,22-23H,11H2,1-3H3,(H,24,25)/b21-12+. The number of nitrogens with zero attached hydrogens (tertiary/aromatic N) is 1. The van der Waals surface area contributed by atoms with Crippen molar-refractivity contribution in [1.29, 1.82) is 0 Å². The summed E-state index contributed by atoms with van der Waals surface area (Å²) in [7, 11) is 4.79. The maximum atomic E-state index is 12.4. The molecular weight excluding hydrogens is 360 g/mol. The fourth-order valence-electron chi connectivity index (χ4n) is 2.97. The van der Waals surface area contributed by atoms with Crippen LogP contribution in [0.4, 0.5) is 0 Å². The monoisotopic (exact) mass is 384 g/mol. The molecule has 1 heterocycles. The van der Waals surface area contributed by atoms with E-state index in [1.54, 1.807) is 39.5 Å². The number of hydrogen-bond acceptors (Lipinski definition) is 7. The van der Waals surface area contributed by atoms with Crippen LogP contribution < -0.4 is 30.5 Å². The summed E-state index contributed by atoms with van der Waals surface area (Å²) < 4.78 is 15.7. The molecule has 1 fully saturated rings. The van der Waals surface area contributed by atoms with E-state index in [1.807, 2.05) is 24.3 Å². The molecule has 1 aliphatic rings. The Labute approximate surface area is 163 Å². The van der Waals surface area contributed by atoms with E-state index >= 15 is 0 Å². The number of methoxy groups -OCH3 is 3. The molecule has 8 nitrogen and oxygen atoms in total.